The molecule has 0 unspecified atom stereocenters. The molecular weight excluding hydrogens is 418 g/mol. The number of amides is 1. The Morgan fingerprint density at radius 1 is 1.41 bits per heavy atom. The predicted octanol–water partition coefficient (Wildman–Crippen LogP) is 3.06. The molecule has 0 aliphatic carbocycles. The molecule has 22 heavy (non-hydrogen) atoms. The number of esters is 1. The van der Waals surface area contributed by atoms with Crippen molar-refractivity contribution in [2.45, 2.75) is 24.1 Å². The van der Waals surface area contributed by atoms with Gasteiger partial charge in [-0.25, -0.2) is 4.79 Å². The molecule has 0 spiro atoms. The third-order valence-electron chi connectivity index (χ3n) is 3.79. The highest BCUT2D eigenvalue weighted by molar-refractivity contribution is 9.10. The first-order valence-corrected chi connectivity index (χ1v) is 8.43. The quantitative estimate of drug-likeness (QED) is 0.416. The number of rotatable bonds is 3. The van der Waals surface area contributed by atoms with Crippen LogP contribution >= 0.6 is 31.9 Å². The van der Waals surface area contributed by atoms with Gasteiger partial charge in [0.25, 0.3) is 5.91 Å². The fourth-order valence-corrected chi connectivity index (χ4v) is 3.72. The van der Waals surface area contributed by atoms with Crippen molar-refractivity contribution in [1.29, 1.82) is 0 Å². The van der Waals surface area contributed by atoms with Crippen LogP contribution in [0.3, 0.4) is 0 Å². The van der Waals surface area contributed by atoms with E-state index in [0.29, 0.717) is 25.1 Å². The fraction of sp³-hybridized carbons (Fsp3) is 0.467. The number of fused-ring (bicyclic) bond motifs is 1. The Kier molecular flexibility index (Phi) is 5.17. The monoisotopic (exact) mass is 433 g/mol. The summed E-state index contributed by atoms with van der Waals surface area (Å²) in [6.45, 7) is 2.31. The first-order valence-electron chi connectivity index (χ1n) is 6.84. The number of halogens is 2. The molecule has 0 saturated carbocycles. The van der Waals surface area contributed by atoms with E-state index in [4.69, 9.17) is 9.47 Å². The van der Waals surface area contributed by atoms with Crippen molar-refractivity contribution in [3.63, 3.8) is 0 Å². The number of hydrogen-bond donors (Lipinski definition) is 0. The Bertz CT molecular complexity index is 620. The summed E-state index contributed by atoms with van der Waals surface area (Å²) in [5, 5.41) is 0. The summed E-state index contributed by atoms with van der Waals surface area (Å²) in [4.78, 5) is 26.6. The van der Waals surface area contributed by atoms with Crippen LogP contribution in [0.5, 0.6) is 5.75 Å². The molecule has 120 valence electrons. The van der Waals surface area contributed by atoms with Crippen molar-refractivity contribution in [2.24, 2.45) is 0 Å². The second-order valence-electron chi connectivity index (χ2n) is 4.96. The highest BCUT2D eigenvalue weighted by Crippen LogP contribution is 2.40. The van der Waals surface area contributed by atoms with E-state index in [1.54, 1.807) is 12.0 Å². The predicted molar refractivity (Wildman–Crippen MR) is 90.7 cm³/mol. The molecule has 0 saturated heterocycles. The minimum atomic E-state index is -1.35. The molecule has 1 amide bonds. The lowest BCUT2D eigenvalue weighted by molar-refractivity contribution is -0.146. The molecule has 7 heteroatoms. The van der Waals surface area contributed by atoms with E-state index in [1.807, 2.05) is 19.1 Å². The van der Waals surface area contributed by atoms with Gasteiger partial charge >= 0.3 is 5.97 Å². The van der Waals surface area contributed by atoms with Crippen LogP contribution in [0.15, 0.2) is 16.6 Å². The normalized spacial score (nSPS) is 21.1. The highest BCUT2D eigenvalue weighted by atomic mass is 79.9. The lowest BCUT2D eigenvalue weighted by atomic mass is 10.0. The van der Waals surface area contributed by atoms with Gasteiger partial charge in [-0.05, 0) is 47.3 Å². The van der Waals surface area contributed by atoms with E-state index in [2.05, 4.69) is 31.9 Å². The van der Waals surface area contributed by atoms with E-state index in [0.717, 1.165) is 15.7 Å². The van der Waals surface area contributed by atoms with Gasteiger partial charge in [0.1, 0.15) is 5.75 Å². The van der Waals surface area contributed by atoms with Gasteiger partial charge in [-0.2, -0.15) is 0 Å². The van der Waals surface area contributed by atoms with Crippen molar-refractivity contribution < 1.29 is 19.1 Å². The maximum absolute atomic E-state index is 12.9. The van der Waals surface area contributed by atoms with Crippen LogP contribution in [0, 0.1) is 0 Å². The summed E-state index contributed by atoms with van der Waals surface area (Å²) in [6.07, 6.45) is 0.904. The maximum Gasteiger partial charge on any atom is 0.332 e. The number of nitrogens with zero attached hydrogens (tertiary/aromatic N) is 1. The van der Waals surface area contributed by atoms with E-state index < -0.39 is 10.3 Å². The SMILES string of the molecule is CCN1C(=O)[C@@](Br)(C(=O)OC)CCc2cc(Br)c(OC)cc21. The second-order valence-corrected chi connectivity index (χ2v) is 7.17. The zero-order chi connectivity index (χ0) is 16.5. The Morgan fingerprint density at radius 2 is 2.09 bits per heavy atom. The average molecular weight is 435 g/mol. The van der Waals surface area contributed by atoms with Gasteiger partial charge in [-0.15, -0.1) is 0 Å². The van der Waals surface area contributed by atoms with Crippen molar-refractivity contribution in [3.05, 3.63) is 22.2 Å². The third kappa shape index (κ3) is 2.76. The lowest BCUT2D eigenvalue weighted by Gasteiger charge is -2.28. The largest absolute Gasteiger partial charge is 0.495 e. The molecule has 1 heterocycles. The molecule has 1 aliphatic heterocycles. The van der Waals surface area contributed by atoms with E-state index in [-0.39, 0.29) is 5.91 Å². The molecule has 0 radical (unpaired) electrons. The minimum absolute atomic E-state index is 0.315. The smallest absolute Gasteiger partial charge is 0.332 e. The third-order valence-corrected chi connectivity index (χ3v) is 5.47. The number of hydrogen-bond acceptors (Lipinski definition) is 4. The van der Waals surface area contributed by atoms with Crippen LogP contribution in [0.2, 0.25) is 0 Å². The number of anilines is 1. The summed E-state index contributed by atoms with van der Waals surface area (Å²) < 4.78 is 9.59. The standard InChI is InChI=1S/C15H17Br2NO4/c1-4-18-11-8-12(21-2)10(16)7-9(11)5-6-15(17,13(18)19)14(20)22-3/h7-8H,4-6H2,1-3H3/t15-/m1/s1. The van der Waals surface area contributed by atoms with Crippen LogP contribution in [-0.2, 0) is 20.7 Å². The molecule has 0 fully saturated rings. The number of ether oxygens (including phenoxy) is 2. The summed E-state index contributed by atoms with van der Waals surface area (Å²) in [7, 11) is 2.86. The molecule has 1 aliphatic rings. The molecule has 0 bridgehead atoms. The van der Waals surface area contributed by atoms with Crippen molar-refractivity contribution in [1.82, 2.24) is 0 Å². The Morgan fingerprint density at radius 3 is 2.64 bits per heavy atom. The van der Waals surface area contributed by atoms with Gasteiger partial charge in [-0.1, -0.05) is 15.9 Å². The number of aryl methyl sites for hydroxylation is 1. The molecule has 1 atom stereocenters. The maximum atomic E-state index is 12.9. The summed E-state index contributed by atoms with van der Waals surface area (Å²) >= 11 is 6.78. The van der Waals surface area contributed by atoms with Crippen LogP contribution in [0.1, 0.15) is 18.9 Å². The molecule has 5 nitrogen and oxygen atoms in total. The van der Waals surface area contributed by atoms with Crippen molar-refractivity contribution in [3.8, 4) is 5.75 Å². The lowest BCUT2D eigenvalue weighted by Crippen LogP contribution is -2.50. The van der Waals surface area contributed by atoms with E-state index in [1.165, 1.54) is 7.11 Å². The summed E-state index contributed by atoms with van der Waals surface area (Å²) in [5.74, 6) is -0.245. The van der Waals surface area contributed by atoms with Gasteiger partial charge in [0.15, 0.2) is 0 Å². The van der Waals surface area contributed by atoms with E-state index >= 15 is 0 Å². The molecule has 0 aromatic heterocycles. The number of benzene rings is 1. The zero-order valence-electron chi connectivity index (χ0n) is 12.6. The first-order chi connectivity index (χ1) is 10.4. The molecule has 1 aromatic carbocycles. The molecule has 0 N–H and O–H groups in total. The van der Waals surface area contributed by atoms with Crippen LogP contribution in [0.25, 0.3) is 0 Å². The second kappa shape index (κ2) is 6.58. The topological polar surface area (TPSA) is 55.8 Å². The zero-order valence-corrected chi connectivity index (χ0v) is 15.8. The molecular formula is C15H17Br2NO4. The highest BCUT2D eigenvalue weighted by Gasteiger charge is 2.49. The van der Waals surface area contributed by atoms with Crippen LogP contribution in [-0.4, -0.2) is 37.0 Å². The average Bonchev–Trinajstić information content (AvgIpc) is 2.62. The van der Waals surface area contributed by atoms with Gasteiger partial charge in [0, 0.05) is 12.6 Å². The van der Waals surface area contributed by atoms with Crippen LogP contribution in [0.4, 0.5) is 5.69 Å². The molecule has 1 aromatic rings. The Hall–Kier alpha value is -1.08. The first kappa shape index (κ1) is 17.3. The number of alkyl halides is 1. The van der Waals surface area contributed by atoms with Gasteiger partial charge < -0.3 is 14.4 Å². The molecule has 2 rings (SSSR count). The fourth-order valence-electron chi connectivity index (χ4n) is 2.59. The van der Waals surface area contributed by atoms with Gasteiger partial charge in [0.2, 0.25) is 4.32 Å². The summed E-state index contributed by atoms with van der Waals surface area (Å²) in [6, 6.07) is 3.75. The van der Waals surface area contributed by atoms with E-state index in [9.17, 15) is 9.59 Å². The summed E-state index contributed by atoms with van der Waals surface area (Å²) in [5.41, 5.74) is 1.74. The van der Waals surface area contributed by atoms with Gasteiger partial charge in [-0.3, -0.25) is 4.79 Å². The minimum Gasteiger partial charge on any atom is -0.495 e. The Balaban J connectivity index is 2.57. The Labute approximate surface area is 146 Å². The van der Waals surface area contributed by atoms with Crippen molar-refractivity contribution >= 4 is 49.4 Å². The number of carbonyl (C=O) groups excluding carboxylic acids is 2. The van der Waals surface area contributed by atoms with Crippen LogP contribution < -0.4 is 9.64 Å². The van der Waals surface area contributed by atoms with Gasteiger partial charge in [0.05, 0.1) is 24.4 Å². The number of carbonyl (C=O) groups is 2. The number of methoxy groups -OCH3 is 2. The van der Waals surface area contributed by atoms with Crippen molar-refractivity contribution in [2.75, 3.05) is 25.7 Å².